The Labute approximate surface area is 116 Å². The molecule has 0 unspecified atom stereocenters. The van der Waals surface area contributed by atoms with Crippen molar-refractivity contribution in [2.75, 3.05) is 6.54 Å². The quantitative estimate of drug-likeness (QED) is 0.755. The summed E-state index contributed by atoms with van der Waals surface area (Å²) in [5, 5.41) is 5.86. The van der Waals surface area contributed by atoms with Crippen molar-refractivity contribution in [3.8, 4) is 0 Å². The lowest BCUT2D eigenvalue weighted by Gasteiger charge is -2.37. The number of hydrogen-bond acceptors (Lipinski definition) is 3. The maximum absolute atomic E-state index is 6.08. The number of rotatable bonds is 8. The molecule has 1 aromatic rings. The van der Waals surface area contributed by atoms with Crippen LogP contribution in [-0.4, -0.2) is 12.1 Å². The van der Waals surface area contributed by atoms with Gasteiger partial charge < -0.3 is 11.1 Å². The number of thiophene rings is 1. The molecule has 0 aromatic carbocycles. The summed E-state index contributed by atoms with van der Waals surface area (Å²) in [6.45, 7) is 10.8. The molecule has 1 rings (SSSR count). The van der Waals surface area contributed by atoms with Gasteiger partial charge in [0, 0.05) is 23.5 Å². The maximum atomic E-state index is 6.08. The first-order valence-corrected chi connectivity index (χ1v) is 7.83. The summed E-state index contributed by atoms with van der Waals surface area (Å²) >= 11 is 1.81. The van der Waals surface area contributed by atoms with Gasteiger partial charge in [-0.05, 0) is 36.1 Å². The van der Waals surface area contributed by atoms with Crippen LogP contribution in [0, 0.1) is 11.8 Å². The van der Waals surface area contributed by atoms with Crippen LogP contribution in [0.2, 0.25) is 0 Å². The van der Waals surface area contributed by atoms with Crippen LogP contribution in [0.25, 0.3) is 0 Å². The summed E-state index contributed by atoms with van der Waals surface area (Å²) < 4.78 is 0. The van der Waals surface area contributed by atoms with Crippen LogP contribution in [0.5, 0.6) is 0 Å². The monoisotopic (exact) mass is 268 g/mol. The Balaban J connectivity index is 2.67. The Kier molecular flexibility index (Phi) is 6.33. The van der Waals surface area contributed by atoms with Crippen LogP contribution in [0.15, 0.2) is 17.5 Å². The molecule has 0 bridgehead atoms. The Hall–Kier alpha value is -0.380. The maximum Gasteiger partial charge on any atom is 0.0312 e. The molecule has 0 fully saturated rings. The van der Waals surface area contributed by atoms with E-state index in [0.29, 0.717) is 18.4 Å². The van der Waals surface area contributed by atoms with Crippen LogP contribution in [0.3, 0.4) is 0 Å². The largest absolute Gasteiger partial charge is 0.329 e. The van der Waals surface area contributed by atoms with E-state index in [-0.39, 0.29) is 5.54 Å². The van der Waals surface area contributed by atoms with Crippen molar-refractivity contribution in [3.05, 3.63) is 22.4 Å². The lowest BCUT2D eigenvalue weighted by atomic mass is 9.82. The highest BCUT2D eigenvalue weighted by molar-refractivity contribution is 7.09. The third-order valence-electron chi connectivity index (χ3n) is 3.21. The van der Waals surface area contributed by atoms with E-state index < -0.39 is 0 Å². The van der Waals surface area contributed by atoms with Gasteiger partial charge in [-0.3, -0.25) is 0 Å². The number of hydrogen-bond donors (Lipinski definition) is 2. The molecular formula is C15H28N2S. The van der Waals surface area contributed by atoms with Crippen molar-refractivity contribution in [2.45, 2.75) is 52.6 Å². The van der Waals surface area contributed by atoms with E-state index in [9.17, 15) is 0 Å². The molecule has 0 aliphatic heterocycles. The smallest absolute Gasteiger partial charge is 0.0312 e. The molecule has 18 heavy (non-hydrogen) atoms. The van der Waals surface area contributed by atoms with Gasteiger partial charge >= 0.3 is 0 Å². The van der Waals surface area contributed by atoms with Gasteiger partial charge in [-0.2, -0.15) is 0 Å². The third-order valence-corrected chi connectivity index (χ3v) is 4.08. The minimum Gasteiger partial charge on any atom is -0.329 e. The Morgan fingerprint density at radius 2 is 1.83 bits per heavy atom. The lowest BCUT2D eigenvalue weighted by molar-refractivity contribution is 0.228. The van der Waals surface area contributed by atoms with Crippen LogP contribution in [-0.2, 0) is 6.54 Å². The summed E-state index contributed by atoms with van der Waals surface area (Å²) in [5.74, 6) is 1.34. The average Bonchev–Trinajstić information content (AvgIpc) is 2.77. The van der Waals surface area contributed by atoms with Gasteiger partial charge in [0.2, 0.25) is 0 Å². The molecule has 0 aliphatic rings. The van der Waals surface area contributed by atoms with Crippen LogP contribution in [0.4, 0.5) is 0 Å². The van der Waals surface area contributed by atoms with Crippen molar-refractivity contribution in [3.63, 3.8) is 0 Å². The second-order valence-electron chi connectivity index (χ2n) is 6.11. The average molecular weight is 268 g/mol. The molecule has 104 valence electrons. The molecule has 3 heteroatoms. The first kappa shape index (κ1) is 15.7. The highest BCUT2D eigenvalue weighted by Gasteiger charge is 2.29. The molecule has 1 heterocycles. The Morgan fingerprint density at radius 3 is 2.22 bits per heavy atom. The molecule has 3 N–H and O–H groups in total. The molecule has 0 amide bonds. The molecule has 2 nitrogen and oxygen atoms in total. The molecule has 0 radical (unpaired) electrons. The van der Waals surface area contributed by atoms with Crippen LogP contribution in [0.1, 0.15) is 45.4 Å². The molecule has 0 spiro atoms. The fourth-order valence-electron chi connectivity index (χ4n) is 2.72. The van der Waals surface area contributed by atoms with E-state index in [1.54, 1.807) is 0 Å². The van der Waals surface area contributed by atoms with Crippen molar-refractivity contribution in [1.29, 1.82) is 0 Å². The Morgan fingerprint density at radius 1 is 1.22 bits per heavy atom. The van der Waals surface area contributed by atoms with E-state index in [4.69, 9.17) is 5.73 Å². The molecule has 0 atom stereocenters. The first-order valence-electron chi connectivity index (χ1n) is 6.95. The van der Waals surface area contributed by atoms with Crippen LogP contribution < -0.4 is 11.1 Å². The van der Waals surface area contributed by atoms with Gasteiger partial charge in [-0.25, -0.2) is 0 Å². The molecular weight excluding hydrogens is 240 g/mol. The van der Waals surface area contributed by atoms with Crippen LogP contribution >= 0.6 is 11.3 Å². The highest BCUT2D eigenvalue weighted by atomic mass is 32.1. The number of nitrogens with one attached hydrogen (secondary N) is 1. The molecule has 1 aromatic heterocycles. The SMILES string of the molecule is CC(C)CC(CN)(CC(C)C)NCc1cccs1. The standard InChI is InChI=1S/C15H28N2S/c1-12(2)8-15(11-16,9-13(3)4)17-10-14-6-5-7-18-14/h5-7,12-13,17H,8-11,16H2,1-4H3. The van der Waals surface area contributed by atoms with E-state index in [1.807, 2.05) is 11.3 Å². The minimum absolute atomic E-state index is 0.0896. The van der Waals surface area contributed by atoms with E-state index >= 15 is 0 Å². The summed E-state index contributed by atoms with van der Waals surface area (Å²) in [6.07, 6.45) is 2.29. The summed E-state index contributed by atoms with van der Waals surface area (Å²) in [7, 11) is 0. The predicted molar refractivity (Wildman–Crippen MR) is 81.9 cm³/mol. The fourth-order valence-corrected chi connectivity index (χ4v) is 3.36. The highest BCUT2D eigenvalue weighted by Crippen LogP contribution is 2.25. The third kappa shape index (κ3) is 5.09. The fraction of sp³-hybridized carbons (Fsp3) is 0.733. The second kappa shape index (κ2) is 7.27. The first-order chi connectivity index (χ1) is 8.47. The summed E-state index contributed by atoms with van der Waals surface area (Å²) in [6, 6.07) is 4.29. The lowest BCUT2D eigenvalue weighted by Crippen LogP contribution is -2.52. The molecule has 0 saturated heterocycles. The zero-order chi connectivity index (χ0) is 13.6. The zero-order valence-corrected chi connectivity index (χ0v) is 13.0. The van der Waals surface area contributed by atoms with E-state index in [2.05, 4.69) is 50.5 Å². The minimum atomic E-state index is 0.0896. The number of nitrogens with two attached hydrogens (primary N) is 1. The summed E-state index contributed by atoms with van der Waals surface area (Å²) in [5.41, 5.74) is 6.17. The van der Waals surface area contributed by atoms with E-state index in [0.717, 1.165) is 19.4 Å². The van der Waals surface area contributed by atoms with Crippen molar-refractivity contribution >= 4 is 11.3 Å². The Bertz CT molecular complexity index is 307. The normalized spacial score (nSPS) is 12.6. The van der Waals surface area contributed by atoms with Crippen molar-refractivity contribution in [1.82, 2.24) is 5.32 Å². The van der Waals surface area contributed by atoms with Gasteiger partial charge in [-0.1, -0.05) is 33.8 Å². The van der Waals surface area contributed by atoms with Gasteiger partial charge in [0.1, 0.15) is 0 Å². The van der Waals surface area contributed by atoms with Crippen molar-refractivity contribution < 1.29 is 0 Å². The topological polar surface area (TPSA) is 38.0 Å². The summed E-state index contributed by atoms with van der Waals surface area (Å²) in [4.78, 5) is 1.39. The van der Waals surface area contributed by atoms with Gasteiger partial charge in [0.25, 0.3) is 0 Å². The van der Waals surface area contributed by atoms with Gasteiger partial charge in [0.05, 0.1) is 0 Å². The molecule has 0 saturated carbocycles. The van der Waals surface area contributed by atoms with E-state index in [1.165, 1.54) is 4.88 Å². The van der Waals surface area contributed by atoms with Gasteiger partial charge in [0.15, 0.2) is 0 Å². The second-order valence-corrected chi connectivity index (χ2v) is 7.15. The van der Waals surface area contributed by atoms with Crippen molar-refractivity contribution in [2.24, 2.45) is 17.6 Å². The zero-order valence-electron chi connectivity index (χ0n) is 12.2. The van der Waals surface area contributed by atoms with Gasteiger partial charge in [-0.15, -0.1) is 11.3 Å². The predicted octanol–water partition coefficient (Wildman–Crippen LogP) is 3.63. The molecule has 0 aliphatic carbocycles.